The van der Waals surface area contributed by atoms with Crippen LogP contribution in [-0.4, -0.2) is 60.1 Å². The molecule has 2 heterocycles. The molecule has 1 fully saturated rings. The normalized spacial score (nSPS) is 17.2. The van der Waals surface area contributed by atoms with Gasteiger partial charge in [0.05, 0.1) is 18.8 Å². The Morgan fingerprint density at radius 1 is 1.31 bits per heavy atom. The maximum Gasteiger partial charge on any atom is 0.317 e. The Labute approximate surface area is 153 Å². The minimum Gasteiger partial charge on any atom is -0.480 e. The molecular weight excluding hydrogens is 356 g/mol. The Bertz CT molecular complexity index is 836. The van der Waals surface area contributed by atoms with Crippen molar-refractivity contribution in [1.82, 2.24) is 9.21 Å². The van der Waals surface area contributed by atoms with Gasteiger partial charge in [0.25, 0.3) is 0 Å². The van der Waals surface area contributed by atoms with Crippen molar-refractivity contribution in [1.29, 1.82) is 0 Å². The molecule has 1 aliphatic rings. The van der Waals surface area contributed by atoms with Crippen LogP contribution in [0.25, 0.3) is 11.0 Å². The molecule has 0 amide bonds. The second-order valence-electron chi connectivity index (χ2n) is 6.58. The van der Waals surface area contributed by atoms with Gasteiger partial charge in [-0.05, 0) is 31.9 Å². The summed E-state index contributed by atoms with van der Waals surface area (Å²) < 4.78 is 31.3. The molecule has 0 unspecified atom stereocenters. The summed E-state index contributed by atoms with van der Waals surface area (Å²) in [5.74, 6) is -0.0871. The predicted molar refractivity (Wildman–Crippen MR) is 98.3 cm³/mol. The number of piperidine rings is 1. The largest absolute Gasteiger partial charge is 0.480 e. The zero-order valence-electron chi connectivity index (χ0n) is 14.8. The third kappa shape index (κ3) is 4.25. The van der Waals surface area contributed by atoms with Crippen LogP contribution in [0, 0.1) is 0 Å². The molecule has 0 atom stereocenters. The highest BCUT2D eigenvalue weighted by Gasteiger charge is 2.31. The van der Waals surface area contributed by atoms with Crippen molar-refractivity contribution in [2.45, 2.75) is 32.4 Å². The predicted octanol–water partition coefficient (Wildman–Crippen LogP) is 2.13. The lowest BCUT2D eigenvalue weighted by Crippen LogP contribution is -2.48. The van der Waals surface area contributed by atoms with E-state index in [1.165, 1.54) is 4.31 Å². The first-order chi connectivity index (χ1) is 12.4. The average Bonchev–Trinajstić information content (AvgIpc) is 3.03. The van der Waals surface area contributed by atoms with E-state index in [0.717, 1.165) is 16.7 Å². The van der Waals surface area contributed by atoms with E-state index in [2.05, 4.69) is 0 Å². The Morgan fingerprint density at radius 3 is 2.62 bits per heavy atom. The van der Waals surface area contributed by atoms with E-state index in [-0.39, 0.29) is 18.3 Å². The Morgan fingerprint density at radius 2 is 2.00 bits per heavy atom. The van der Waals surface area contributed by atoms with Gasteiger partial charge in [0, 0.05) is 24.5 Å². The summed E-state index contributed by atoms with van der Waals surface area (Å²) in [6.07, 6.45) is 1.24. The summed E-state index contributed by atoms with van der Waals surface area (Å²) in [6.45, 7) is 2.79. The van der Waals surface area contributed by atoms with Gasteiger partial charge in [0.15, 0.2) is 0 Å². The summed E-state index contributed by atoms with van der Waals surface area (Å²) >= 11 is 0. The number of carboxylic acids is 1. The molecule has 1 aromatic carbocycles. The lowest BCUT2D eigenvalue weighted by molar-refractivity contribution is -0.139. The topological polar surface area (TPSA) is 91.1 Å². The fourth-order valence-corrected chi connectivity index (χ4v) is 4.60. The standard InChI is InChI=1S/C18H24N2O5S/c1-2-26(23,24)20-9-7-15(8-10-20)19(13-18(21)22)12-16-11-14-5-3-4-6-17(14)25-16/h3-6,11,15H,2,7-10,12-13H2,1H3,(H,21,22). The summed E-state index contributed by atoms with van der Waals surface area (Å²) in [4.78, 5) is 13.2. The Hall–Kier alpha value is -1.90. The number of hydrogen-bond acceptors (Lipinski definition) is 5. The van der Waals surface area contributed by atoms with Crippen molar-refractivity contribution < 1.29 is 22.7 Å². The fourth-order valence-electron chi connectivity index (χ4n) is 3.47. The molecule has 0 spiro atoms. The molecule has 142 valence electrons. The number of carboxylic acid groups (broad SMARTS) is 1. The molecule has 0 saturated carbocycles. The van der Waals surface area contributed by atoms with Crippen LogP contribution >= 0.6 is 0 Å². The number of sulfonamides is 1. The maximum atomic E-state index is 12.0. The van der Waals surface area contributed by atoms with Crippen LogP contribution in [0.5, 0.6) is 0 Å². The number of hydrogen-bond donors (Lipinski definition) is 1. The SMILES string of the molecule is CCS(=O)(=O)N1CCC(N(CC(=O)O)Cc2cc3ccccc3o2)CC1. The van der Waals surface area contributed by atoms with E-state index in [4.69, 9.17) is 4.42 Å². The van der Waals surface area contributed by atoms with Crippen LogP contribution in [0.1, 0.15) is 25.5 Å². The van der Waals surface area contributed by atoms with E-state index >= 15 is 0 Å². The summed E-state index contributed by atoms with van der Waals surface area (Å²) in [7, 11) is -3.19. The van der Waals surface area contributed by atoms with E-state index in [9.17, 15) is 18.3 Å². The second kappa shape index (κ2) is 7.77. The minimum absolute atomic E-state index is 0.0163. The van der Waals surface area contributed by atoms with Crippen molar-refractivity contribution in [2.75, 3.05) is 25.4 Å². The van der Waals surface area contributed by atoms with E-state index in [1.54, 1.807) is 6.92 Å². The molecule has 0 bridgehead atoms. The van der Waals surface area contributed by atoms with Crippen molar-refractivity contribution in [3.8, 4) is 0 Å². The van der Waals surface area contributed by atoms with Gasteiger partial charge in [-0.25, -0.2) is 12.7 Å². The van der Waals surface area contributed by atoms with Gasteiger partial charge in [-0.15, -0.1) is 0 Å². The first kappa shape index (κ1) is 18.9. The second-order valence-corrected chi connectivity index (χ2v) is 8.84. The van der Waals surface area contributed by atoms with Crippen molar-refractivity contribution >= 4 is 27.0 Å². The number of para-hydroxylation sites is 1. The molecule has 0 aliphatic carbocycles. The van der Waals surface area contributed by atoms with E-state index in [1.807, 2.05) is 35.2 Å². The van der Waals surface area contributed by atoms with Gasteiger partial charge >= 0.3 is 5.97 Å². The third-order valence-electron chi connectivity index (χ3n) is 4.87. The number of fused-ring (bicyclic) bond motifs is 1. The number of benzene rings is 1. The Kier molecular flexibility index (Phi) is 5.64. The monoisotopic (exact) mass is 380 g/mol. The highest BCUT2D eigenvalue weighted by atomic mass is 32.2. The van der Waals surface area contributed by atoms with Crippen LogP contribution in [0.4, 0.5) is 0 Å². The third-order valence-corrected chi connectivity index (χ3v) is 6.75. The summed E-state index contributed by atoms with van der Waals surface area (Å²) in [5.41, 5.74) is 0.779. The average molecular weight is 380 g/mol. The Balaban J connectivity index is 1.71. The number of nitrogens with zero attached hydrogens (tertiary/aromatic N) is 2. The lowest BCUT2D eigenvalue weighted by Gasteiger charge is -2.36. The van der Waals surface area contributed by atoms with E-state index in [0.29, 0.717) is 32.5 Å². The van der Waals surface area contributed by atoms with Gasteiger partial charge in [-0.2, -0.15) is 0 Å². The van der Waals surface area contributed by atoms with Crippen molar-refractivity contribution in [3.05, 3.63) is 36.1 Å². The van der Waals surface area contributed by atoms with Gasteiger partial charge in [0.2, 0.25) is 10.0 Å². The van der Waals surface area contributed by atoms with Gasteiger partial charge in [0.1, 0.15) is 11.3 Å². The zero-order valence-corrected chi connectivity index (χ0v) is 15.6. The first-order valence-corrected chi connectivity index (χ1v) is 10.4. The number of furan rings is 1. The molecule has 3 rings (SSSR count). The quantitative estimate of drug-likeness (QED) is 0.791. The molecule has 8 heteroatoms. The van der Waals surface area contributed by atoms with Crippen molar-refractivity contribution in [3.63, 3.8) is 0 Å². The van der Waals surface area contributed by atoms with Crippen LogP contribution in [0.15, 0.2) is 34.7 Å². The lowest BCUT2D eigenvalue weighted by atomic mass is 10.0. The fraction of sp³-hybridized carbons (Fsp3) is 0.500. The minimum atomic E-state index is -3.19. The number of aliphatic carboxylic acids is 1. The smallest absolute Gasteiger partial charge is 0.317 e. The van der Waals surface area contributed by atoms with E-state index < -0.39 is 16.0 Å². The van der Waals surface area contributed by atoms with Crippen LogP contribution in [-0.2, 0) is 21.4 Å². The summed E-state index contributed by atoms with van der Waals surface area (Å²) in [6, 6.07) is 9.62. The van der Waals surface area contributed by atoms with Crippen LogP contribution < -0.4 is 0 Å². The molecule has 1 aliphatic heterocycles. The number of carbonyl (C=O) groups is 1. The van der Waals surface area contributed by atoms with Gasteiger partial charge < -0.3 is 9.52 Å². The molecule has 2 aromatic rings. The highest BCUT2D eigenvalue weighted by Crippen LogP contribution is 2.24. The molecule has 26 heavy (non-hydrogen) atoms. The van der Waals surface area contributed by atoms with Gasteiger partial charge in [-0.3, -0.25) is 9.69 Å². The number of rotatable bonds is 7. The van der Waals surface area contributed by atoms with Crippen molar-refractivity contribution in [2.24, 2.45) is 0 Å². The molecule has 1 N–H and O–H groups in total. The molecular formula is C18H24N2O5S. The van der Waals surface area contributed by atoms with Crippen LogP contribution in [0.3, 0.4) is 0 Å². The van der Waals surface area contributed by atoms with Crippen LogP contribution in [0.2, 0.25) is 0 Å². The highest BCUT2D eigenvalue weighted by molar-refractivity contribution is 7.89. The molecule has 0 radical (unpaired) electrons. The molecule has 1 aromatic heterocycles. The van der Waals surface area contributed by atoms with Gasteiger partial charge in [-0.1, -0.05) is 18.2 Å². The maximum absolute atomic E-state index is 12.0. The molecule has 1 saturated heterocycles. The zero-order chi connectivity index (χ0) is 18.7. The summed E-state index contributed by atoms with van der Waals surface area (Å²) in [5, 5.41) is 10.3. The first-order valence-electron chi connectivity index (χ1n) is 8.80. The molecule has 7 nitrogen and oxygen atoms in total.